The van der Waals surface area contributed by atoms with Gasteiger partial charge in [-0.15, -0.1) is 0 Å². The van der Waals surface area contributed by atoms with Crippen LogP contribution < -0.4 is 5.32 Å². The number of aliphatic carboxylic acids is 2. The predicted octanol–water partition coefficient (Wildman–Crippen LogP) is 0.528. The quantitative estimate of drug-likeness (QED) is 0.124. The second kappa shape index (κ2) is 12.8. The van der Waals surface area contributed by atoms with Gasteiger partial charge in [0.1, 0.15) is 0 Å². The number of rotatable bonds is 14. The number of amides is 2. The first kappa shape index (κ1) is 24.5. The second-order valence-electron chi connectivity index (χ2n) is 6.15. The van der Waals surface area contributed by atoms with Gasteiger partial charge in [-0.1, -0.05) is 25.8 Å². The van der Waals surface area contributed by atoms with Gasteiger partial charge in [0.25, 0.3) is 5.91 Å². The fraction of sp³-hybridized carbons (Fsp3) is 0.647. The molecule has 154 valence electrons. The van der Waals surface area contributed by atoms with Crippen LogP contribution in [0.3, 0.4) is 0 Å². The molecule has 2 amide bonds. The molecule has 0 radical (unpaired) electrons. The zero-order valence-electron chi connectivity index (χ0n) is 15.4. The van der Waals surface area contributed by atoms with E-state index in [0.717, 1.165) is 25.7 Å². The van der Waals surface area contributed by atoms with Gasteiger partial charge in [0.05, 0.1) is 19.4 Å². The van der Waals surface area contributed by atoms with Crippen LogP contribution >= 0.6 is 0 Å². The van der Waals surface area contributed by atoms with Crippen molar-refractivity contribution in [3.05, 3.63) is 12.2 Å². The van der Waals surface area contributed by atoms with Crippen molar-refractivity contribution in [1.82, 2.24) is 10.4 Å². The monoisotopic (exact) mass is 388 g/mol. The van der Waals surface area contributed by atoms with Crippen LogP contribution in [0.25, 0.3) is 0 Å². The van der Waals surface area contributed by atoms with E-state index in [0.29, 0.717) is 5.06 Å². The molecule has 0 aliphatic heterocycles. The van der Waals surface area contributed by atoms with Crippen LogP contribution in [0.15, 0.2) is 12.2 Å². The van der Waals surface area contributed by atoms with E-state index >= 15 is 0 Å². The number of hydrogen-bond donors (Lipinski definition) is 5. The van der Waals surface area contributed by atoms with Crippen molar-refractivity contribution in [2.24, 2.45) is 0 Å². The normalized spacial score (nSPS) is 13.1. The molecule has 0 bridgehead atoms. The molecule has 0 saturated carbocycles. The minimum atomic E-state index is -2.70. The molecule has 0 fully saturated rings. The summed E-state index contributed by atoms with van der Waals surface area (Å²) in [5.41, 5.74) is -2.70. The Bertz CT molecular complexity index is 549. The van der Waals surface area contributed by atoms with Gasteiger partial charge in [0, 0.05) is 12.6 Å². The Morgan fingerprint density at radius 3 is 2.30 bits per heavy atom. The molecule has 5 N–H and O–H groups in total. The summed E-state index contributed by atoms with van der Waals surface area (Å²) in [6, 6.07) is 0. The number of allylic oxidation sites excluding steroid dienone is 1. The molecule has 0 aliphatic rings. The maximum absolute atomic E-state index is 11.7. The highest BCUT2D eigenvalue weighted by molar-refractivity contribution is 5.90. The minimum Gasteiger partial charge on any atom is -0.481 e. The highest BCUT2D eigenvalue weighted by Gasteiger charge is 2.40. The summed E-state index contributed by atoms with van der Waals surface area (Å²) in [4.78, 5) is 44.8. The molecule has 1 unspecified atom stereocenters. The van der Waals surface area contributed by atoms with Crippen LogP contribution in [0.5, 0.6) is 0 Å². The van der Waals surface area contributed by atoms with Crippen molar-refractivity contribution in [2.75, 3.05) is 13.1 Å². The molecule has 0 aromatic heterocycles. The molecule has 0 rings (SSSR count). The van der Waals surface area contributed by atoms with Crippen LogP contribution in [0, 0.1) is 0 Å². The number of carbonyl (C=O) groups excluding carboxylic acids is 2. The van der Waals surface area contributed by atoms with E-state index in [1.54, 1.807) is 6.08 Å². The third-order valence-corrected chi connectivity index (χ3v) is 3.65. The lowest BCUT2D eigenvalue weighted by atomic mass is 9.95. The number of nitrogens with one attached hydrogen (secondary N) is 1. The summed E-state index contributed by atoms with van der Waals surface area (Å²) < 4.78 is 0. The number of unbranched alkanes of at least 4 members (excludes halogenated alkanes) is 3. The highest BCUT2D eigenvalue weighted by atomic mass is 16.5. The summed E-state index contributed by atoms with van der Waals surface area (Å²) in [6.07, 6.45) is 4.93. The lowest BCUT2D eigenvalue weighted by Crippen LogP contribution is -2.45. The molecule has 10 heteroatoms. The maximum Gasteiger partial charge on any atom is 0.336 e. The summed E-state index contributed by atoms with van der Waals surface area (Å²) in [6.45, 7) is 2.01. The molecule has 0 heterocycles. The lowest BCUT2D eigenvalue weighted by molar-refractivity contribution is -0.167. The number of carbonyl (C=O) groups is 4. The number of nitrogens with zero attached hydrogens (tertiary/aromatic N) is 1. The van der Waals surface area contributed by atoms with Crippen LogP contribution in [0.2, 0.25) is 0 Å². The Kier molecular flexibility index (Phi) is 11.7. The third-order valence-electron chi connectivity index (χ3n) is 3.65. The van der Waals surface area contributed by atoms with E-state index in [2.05, 4.69) is 12.2 Å². The average Bonchev–Trinajstić information content (AvgIpc) is 2.57. The Balaban J connectivity index is 4.18. The van der Waals surface area contributed by atoms with Crippen molar-refractivity contribution in [1.29, 1.82) is 0 Å². The fourth-order valence-corrected chi connectivity index (χ4v) is 2.14. The van der Waals surface area contributed by atoms with E-state index in [-0.39, 0.29) is 19.5 Å². The molecule has 10 nitrogen and oxygen atoms in total. The first-order chi connectivity index (χ1) is 12.6. The van der Waals surface area contributed by atoms with E-state index in [4.69, 9.17) is 10.2 Å². The standard InChI is InChI=1S/C17H28N2O8/c1-2-3-4-5-6-8-14(21)19(27)10-7-9-18-13(20)11-17(26,16(24)25)12-15(22)23/h6,8,26-27H,2-5,7,9-12H2,1H3,(H,18,20)(H,22,23)(H,24,25)/b8-6+. The van der Waals surface area contributed by atoms with E-state index in [9.17, 15) is 29.5 Å². The molecule has 27 heavy (non-hydrogen) atoms. The predicted molar refractivity (Wildman–Crippen MR) is 93.9 cm³/mol. The van der Waals surface area contributed by atoms with Crippen LogP contribution in [0.4, 0.5) is 0 Å². The molecular formula is C17H28N2O8. The van der Waals surface area contributed by atoms with Gasteiger partial charge in [-0.3, -0.25) is 19.6 Å². The maximum atomic E-state index is 11.7. The number of aliphatic hydroxyl groups is 1. The van der Waals surface area contributed by atoms with Crippen molar-refractivity contribution in [3.8, 4) is 0 Å². The van der Waals surface area contributed by atoms with Gasteiger partial charge in [0.2, 0.25) is 5.91 Å². The van der Waals surface area contributed by atoms with Crippen molar-refractivity contribution in [3.63, 3.8) is 0 Å². The number of carboxylic acids is 2. The van der Waals surface area contributed by atoms with Crippen LogP contribution in [-0.2, 0) is 19.2 Å². The van der Waals surface area contributed by atoms with E-state index < -0.39 is 42.2 Å². The Morgan fingerprint density at radius 1 is 1.07 bits per heavy atom. The smallest absolute Gasteiger partial charge is 0.336 e. The topological polar surface area (TPSA) is 164 Å². The van der Waals surface area contributed by atoms with Gasteiger partial charge >= 0.3 is 11.9 Å². The Morgan fingerprint density at radius 2 is 1.74 bits per heavy atom. The van der Waals surface area contributed by atoms with E-state index in [1.807, 2.05) is 0 Å². The zero-order chi connectivity index (χ0) is 20.9. The van der Waals surface area contributed by atoms with Gasteiger partial charge < -0.3 is 20.6 Å². The highest BCUT2D eigenvalue weighted by Crippen LogP contribution is 2.16. The SMILES string of the molecule is CCCCC/C=C/C(=O)N(O)CCCNC(=O)CC(O)(CC(=O)O)C(=O)O. The van der Waals surface area contributed by atoms with Crippen molar-refractivity contribution < 1.29 is 39.7 Å². The van der Waals surface area contributed by atoms with E-state index in [1.165, 1.54) is 6.08 Å². The van der Waals surface area contributed by atoms with Gasteiger partial charge in [0.15, 0.2) is 5.60 Å². The first-order valence-electron chi connectivity index (χ1n) is 8.73. The Hall–Kier alpha value is -2.46. The number of carboxylic acid groups (broad SMARTS) is 2. The molecule has 0 aliphatic carbocycles. The summed E-state index contributed by atoms with van der Waals surface area (Å²) >= 11 is 0. The average molecular weight is 388 g/mol. The number of hydroxylamine groups is 2. The van der Waals surface area contributed by atoms with Gasteiger partial charge in [-0.25, -0.2) is 9.86 Å². The molecule has 0 aromatic carbocycles. The first-order valence-corrected chi connectivity index (χ1v) is 8.73. The summed E-state index contributed by atoms with van der Waals surface area (Å²) in [5, 5.41) is 39.6. The lowest BCUT2D eigenvalue weighted by Gasteiger charge is -2.20. The molecular weight excluding hydrogens is 360 g/mol. The largest absolute Gasteiger partial charge is 0.481 e. The summed E-state index contributed by atoms with van der Waals surface area (Å²) in [5.74, 6) is -4.80. The molecule has 0 saturated heterocycles. The van der Waals surface area contributed by atoms with Crippen molar-refractivity contribution >= 4 is 23.8 Å². The van der Waals surface area contributed by atoms with Crippen LogP contribution in [-0.4, -0.2) is 68.0 Å². The zero-order valence-corrected chi connectivity index (χ0v) is 15.4. The molecule has 1 atom stereocenters. The fourth-order valence-electron chi connectivity index (χ4n) is 2.14. The summed E-state index contributed by atoms with van der Waals surface area (Å²) in [7, 11) is 0. The second-order valence-corrected chi connectivity index (χ2v) is 6.15. The minimum absolute atomic E-state index is 0.00611. The number of hydrogen-bond acceptors (Lipinski definition) is 6. The Labute approximate surface area is 157 Å². The van der Waals surface area contributed by atoms with Gasteiger partial charge in [-0.2, -0.15) is 0 Å². The van der Waals surface area contributed by atoms with Crippen LogP contribution in [0.1, 0.15) is 51.9 Å². The van der Waals surface area contributed by atoms with Gasteiger partial charge in [-0.05, 0) is 19.3 Å². The molecule has 0 aromatic rings. The molecule has 0 spiro atoms. The third kappa shape index (κ3) is 11.0. The van der Waals surface area contributed by atoms with Crippen molar-refractivity contribution in [2.45, 2.75) is 57.5 Å².